The summed E-state index contributed by atoms with van der Waals surface area (Å²) in [5.41, 5.74) is 0.575. The van der Waals surface area contributed by atoms with Crippen molar-refractivity contribution in [2.45, 2.75) is 124 Å². The zero-order valence-corrected chi connectivity index (χ0v) is 30.2. The third kappa shape index (κ3) is 9.64. The normalized spacial score (nSPS) is 20.4. The Balaban J connectivity index is 1.73. The van der Waals surface area contributed by atoms with Crippen LogP contribution in [0.25, 0.3) is 0 Å². The lowest BCUT2D eigenvalue weighted by atomic mass is 9.84. The highest BCUT2D eigenvalue weighted by atomic mass is 16.6. The molecule has 1 aromatic carbocycles. The van der Waals surface area contributed by atoms with Crippen LogP contribution in [0, 0.1) is 21.4 Å². The van der Waals surface area contributed by atoms with Gasteiger partial charge in [-0.3, -0.25) is 34.2 Å². The van der Waals surface area contributed by atoms with Gasteiger partial charge in [-0.1, -0.05) is 59.2 Å². The van der Waals surface area contributed by atoms with Crippen LogP contribution in [-0.2, 0) is 25.7 Å². The number of carbonyl (C=O) groups excluding carboxylic acids is 4. The Morgan fingerprint density at radius 3 is 2.17 bits per heavy atom. The van der Waals surface area contributed by atoms with Crippen LogP contribution in [-0.4, -0.2) is 93.6 Å². The summed E-state index contributed by atoms with van der Waals surface area (Å²) in [5, 5.41) is 16.9. The Kier molecular flexibility index (Phi) is 13.3. The third-order valence-corrected chi connectivity index (χ3v) is 9.58. The second-order valence-corrected chi connectivity index (χ2v) is 15.0. The van der Waals surface area contributed by atoms with Gasteiger partial charge in [0, 0.05) is 43.9 Å². The van der Waals surface area contributed by atoms with Gasteiger partial charge in [0.1, 0.15) is 12.1 Å². The first-order valence-corrected chi connectivity index (χ1v) is 17.3. The van der Waals surface area contributed by atoms with Crippen LogP contribution in [0.15, 0.2) is 35.9 Å². The summed E-state index contributed by atoms with van der Waals surface area (Å²) in [6.07, 6.45) is 5.80. The lowest BCUT2D eigenvalue weighted by molar-refractivity contribution is -0.384. The molecule has 0 bridgehead atoms. The Morgan fingerprint density at radius 2 is 1.60 bits per heavy atom. The van der Waals surface area contributed by atoms with Crippen LogP contribution < -0.4 is 10.6 Å². The van der Waals surface area contributed by atoms with E-state index in [2.05, 4.69) is 29.4 Å². The first-order chi connectivity index (χ1) is 22.4. The van der Waals surface area contributed by atoms with E-state index in [9.17, 15) is 29.3 Å². The van der Waals surface area contributed by atoms with Crippen LogP contribution in [0.4, 0.5) is 5.69 Å². The number of nitro benzene ring substituents is 1. The molecule has 0 aliphatic carbocycles. The van der Waals surface area contributed by atoms with Crippen LogP contribution in [0.1, 0.15) is 93.1 Å². The molecule has 0 radical (unpaired) electrons. The van der Waals surface area contributed by atoms with Gasteiger partial charge in [-0.05, 0) is 69.9 Å². The van der Waals surface area contributed by atoms with Crippen molar-refractivity contribution in [1.29, 1.82) is 0 Å². The summed E-state index contributed by atoms with van der Waals surface area (Å²) < 4.78 is 0. The van der Waals surface area contributed by atoms with Gasteiger partial charge >= 0.3 is 0 Å². The molecular formula is C36H56N6O6. The number of hydrogen-bond donors (Lipinski definition) is 2. The second-order valence-electron chi connectivity index (χ2n) is 15.0. The number of hydrogen-bond acceptors (Lipinski definition) is 7. The lowest BCUT2D eigenvalue weighted by Crippen LogP contribution is -2.60. The standard InChI is InChI=1S/C36H56N6O6/c1-23(2)30(39(9)35(46)31(36(6,7)8)38-33(44)29-13-10-11-19-40(29)24(3)4)21-25(5)34(45)41-20-12-14-28(41)32(43)37-22-26-15-17-27(18-16-26)42(47)48/h15-18,21,23-24,28-31H,10-14,19-20,22H2,1-9H3,(H,37,43)(H,38,44)/b25-21+/t28-,29?,30+,31+/m0/s1. The maximum Gasteiger partial charge on any atom is 0.269 e. The van der Waals surface area contributed by atoms with E-state index >= 15 is 0 Å². The molecule has 1 unspecified atom stereocenters. The summed E-state index contributed by atoms with van der Waals surface area (Å²) >= 11 is 0. The Labute approximate surface area is 285 Å². The molecule has 0 saturated carbocycles. The zero-order valence-electron chi connectivity index (χ0n) is 30.2. The van der Waals surface area contributed by atoms with Gasteiger partial charge in [0.2, 0.25) is 23.6 Å². The van der Waals surface area contributed by atoms with E-state index in [0.29, 0.717) is 30.5 Å². The molecule has 0 aromatic heterocycles. The maximum absolute atomic E-state index is 14.1. The molecule has 1 aromatic rings. The molecule has 3 rings (SSSR count). The third-order valence-electron chi connectivity index (χ3n) is 9.58. The van der Waals surface area contributed by atoms with E-state index in [-0.39, 0.29) is 53.9 Å². The number of likely N-dealkylation sites (N-methyl/N-ethyl adjacent to an activating group) is 1. The fourth-order valence-electron chi connectivity index (χ4n) is 6.72. The number of amides is 4. The predicted molar refractivity (Wildman–Crippen MR) is 186 cm³/mol. The molecule has 4 amide bonds. The lowest BCUT2D eigenvalue weighted by Gasteiger charge is -2.41. The molecule has 4 atom stereocenters. The van der Waals surface area contributed by atoms with Gasteiger partial charge in [-0.2, -0.15) is 0 Å². The van der Waals surface area contributed by atoms with E-state index in [1.165, 1.54) is 12.1 Å². The highest BCUT2D eigenvalue weighted by Gasteiger charge is 2.40. The summed E-state index contributed by atoms with van der Waals surface area (Å²) in [6.45, 7) is 17.2. The number of likely N-dealkylation sites (tertiary alicyclic amines) is 2. The minimum atomic E-state index is -0.765. The minimum absolute atomic E-state index is 0.0250. The molecule has 0 spiro atoms. The van der Waals surface area contributed by atoms with E-state index < -0.39 is 28.5 Å². The molecule has 2 saturated heterocycles. The number of carbonyl (C=O) groups is 4. The predicted octanol–water partition coefficient (Wildman–Crippen LogP) is 4.43. The van der Waals surface area contributed by atoms with Crippen molar-refractivity contribution < 1.29 is 24.1 Å². The fraction of sp³-hybridized carbons (Fsp3) is 0.667. The summed E-state index contributed by atoms with van der Waals surface area (Å²) in [6, 6.07) is 4.09. The number of nitrogens with zero attached hydrogens (tertiary/aromatic N) is 4. The average Bonchev–Trinajstić information content (AvgIpc) is 3.53. The van der Waals surface area contributed by atoms with Crippen LogP contribution in [0.5, 0.6) is 0 Å². The number of nitro groups is 1. The molecule has 12 nitrogen and oxygen atoms in total. The van der Waals surface area contributed by atoms with Crippen LogP contribution in [0.3, 0.4) is 0 Å². The average molecular weight is 669 g/mol. The topological polar surface area (TPSA) is 145 Å². The number of piperidine rings is 1. The summed E-state index contributed by atoms with van der Waals surface area (Å²) in [5.74, 6) is -0.923. The fourth-order valence-corrected chi connectivity index (χ4v) is 6.72. The van der Waals surface area contributed by atoms with Crippen molar-refractivity contribution in [2.75, 3.05) is 20.1 Å². The molecule has 2 heterocycles. The number of nitrogens with one attached hydrogen (secondary N) is 2. The largest absolute Gasteiger partial charge is 0.350 e. The highest BCUT2D eigenvalue weighted by Crippen LogP contribution is 2.27. The van der Waals surface area contributed by atoms with E-state index in [1.807, 2.05) is 34.6 Å². The molecular weight excluding hydrogens is 612 g/mol. The van der Waals surface area contributed by atoms with Gasteiger partial charge in [-0.15, -0.1) is 0 Å². The van der Waals surface area contributed by atoms with Crippen molar-refractivity contribution in [3.8, 4) is 0 Å². The Hall–Kier alpha value is -3.80. The van der Waals surface area contributed by atoms with Crippen molar-refractivity contribution in [3.05, 3.63) is 51.6 Å². The van der Waals surface area contributed by atoms with Gasteiger partial charge in [0.15, 0.2) is 0 Å². The van der Waals surface area contributed by atoms with E-state index in [4.69, 9.17) is 0 Å². The van der Waals surface area contributed by atoms with Crippen molar-refractivity contribution in [1.82, 2.24) is 25.3 Å². The number of rotatable bonds is 12. The Morgan fingerprint density at radius 1 is 0.979 bits per heavy atom. The number of benzene rings is 1. The second kappa shape index (κ2) is 16.5. The monoisotopic (exact) mass is 668 g/mol. The molecule has 2 fully saturated rings. The highest BCUT2D eigenvalue weighted by molar-refractivity contribution is 5.97. The number of non-ortho nitro benzene ring substituents is 1. The van der Waals surface area contributed by atoms with Gasteiger partial charge < -0.3 is 20.4 Å². The first kappa shape index (κ1) is 38.6. The quantitative estimate of drug-likeness (QED) is 0.191. The molecule has 48 heavy (non-hydrogen) atoms. The molecule has 12 heteroatoms. The smallest absolute Gasteiger partial charge is 0.269 e. The van der Waals surface area contributed by atoms with Gasteiger partial charge in [0.25, 0.3) is 5.69 Å². The van der Waals surface area contributed by atoms with Gasteiger partial charge in [-0.25, -0.2) is 0 Å². The molecule has 2 aliphatic heterocycles. The van der Waals surface area contributed by atoms with Crippen molar-refractivity contribution >= 4 is 29.3 Å². The van der Waals surface area contributed by atoms with E-state index in [0.717, 1.165) is 25.8 Å². The summed E-state index contributed by atoms with van der Waals surface area (Å²) in [4.78, 5) is 70.6. The SMILES string of the molecule is C/C(=C\[C@H](C(C)C)N(C)C(=O)[C@@H](NC(=O)C1CCCCN1C(C)C)C(C)(C)C)C(=O)N1CCC[C@H]1C(=O)NCc1ccc([N+](=O)[O-])cc1. The molecule has 2 N–H and O–H groups in total. The maximum atomic E-state index is 14.1. The zero-order chi connectivity index (χ0) is 35.9. The van der Waals surface area contributed by atoms with Crippen LogP contribution >= 0.6 is 0 Å². The van der Waals surface area contributed by atoms with Crippen molar-refractivity contribution in [2.24, 2.45) is 11.3 Å². The minimum Gasteiger partial charge on any atom is -0.350 e. The Bertz CT molecular complexity index is 1350. The summed E-state index contributed by atoms with van der Waals surface area (Å²) in [7, 11) is 1.72. The van der Waals surface area contributed by atoms with E-state index in [1.54, 1.807) is 42.0 Å². The van der Waals surface area contributed by atoms with Gasteiger partial charge in [0.05, 0.1) is 17.0 Å². The first-order valence-electron chi connectivity index (χ1n) is 17.3. The van der Waals surface area contributed by atoms with Crippen molar-refractivity contribution in [3.63, 3.8) is 0 Å². The molecule has 266 valence electrons. The molecule has 2 aliphatic rings. The van der Waals surface area contributed by atoms with Crippen LogP contribution in [0.2, 0.25) is 0 Å².